The minimum Gasteiger partial charge on any atom is -0.478 e. The molecule has 0 bridgehead atoms. The standard InChI is InChI=1S/C31H37N3O3/c1-20(2)34-19-26(27-16-25(22-5-6-22)15-21(3)29(27)34)18-33-13-4-11-31(12-14-33)17-28(32-37-31)23-7-9-24(10-8-23)30(35)36/h7-10,15-16,19-20,22H,4-6,11-14,17-18H2,1-3H3,(H,35,36). The van der Waals surface area contributed by atoms with Gasteiger partial charge in [-0.15, -0.1) is 0 Å². The van der Waals surface area contributed by atoms with Gasteiger partial charge in [-0.2, -0.15) is 0 Å². The number of fused-ring (bicyclic) bond motifs is 1. The first-order valence-electron chi connectivity index (χ1n) is 13.8. The number of likely N-dealkylation sites (tertiary alicyclic amines) is 1. The molecule has 2 aliphatic heterocycles. The van der Waals surface area contributed by atoms with Crippen molar-refractivity contribution in [3.8, 4) is 0 Å². The van der Waals surface area contributed by atoms with Gasteiger partial charge in [-0.3, -0.25) is 4.90 Å². The van der Waals surface area contributed by atoms with E-state index in [4.69, 9.17) is 4.84 Å². The van der Waals surface area contributed by atoms with Gasteiger partial charge in [-0.05, 0) is 99.4 Å². The molecule has 6 nitrogen and oxygen atoms in total. The minimum atomic E-state index is -0.910. The predicted octanol–water partition coefficient (Wildman–Crippen LogP) is 6.66. The minimum absolute atomic E-state index is 0.253. The Hall–Kier alpha value is -3.12. The van der Waals surface area contributed by atoms with Crippen molar-refractivity contribution >= 4 is 22.6 Å². The number of carboxylic acid groups (broad SMARTS) is 1. The highest BCUT2D eigenvalue weighted by atomic mass is 16.7. The zero-order valence-corrected chi connectivity index (χ0v) is 22.2. The number of oxime groups is 1. The van der Waals surface area contributed by atoms with Gasteiger partial charge >= 0.3 is 5.97 Å². The average Bonchev–Trinajstić information content (AvgIpc) is 3.58. The third-order valence-electron chi connectivity index (χ3n) is 8.52. The largest absolute Gasteiger partial charge is 0.478 e. The first kappa shape index (κ1) is 24.2. The fraction of sp³-hybridized carbons (Fsp3) is 0.484. The summed E-state index contributed by atoms with van der Waals surface area (Å²) in [4.78, 5) is 19.9. The van der Waals surface area contributed by atoms with Crippen molar-refractivity contribution in [3.63, 3.8) is 0 Å². The summed E-state index contributed by atoms with van der Waals surface area (Å²) in [5, 5.41) is 15.1. The second kappa shape index (κ2) is 9.32. The molecule has 1 aromatic heterocycles. The number of rotatable bonds is 6. The molecule has 0 amide bonds. The van der Waals surface area contributed by atoms with Gasteiger partial charge in [0.1, 0.15) is 5.60 Å². The molecule has 1 atom stereocenters. The van der Waals surface area contributed by atoms with Crippen molar-refractivity contribution in [2.75, 3.05) is 13.1 Å². The van der Waals surface area contributed by atoms with Crippen LogP contribution in [0.2, 0.25) is 0 Å². The molecule has 1 unspecified atom stereocenters. The molecule has 1 aliphatic carbocycles. The van der Waals surface area contributed by atoms with Gasteiger partial charge in [-0.1, -0.05) is 23.4 Å². The Morgan fingerprint density at radius 1 is 1.16 bits per heavy atom. The van der Waals surface area contributed by atoms with Crippen molar-refractivity contribution in [1.29, 1.82) is 0 Å². The third kappa shape index (κ3) is 4.68. The molecule has 194 valence electrons. The van der Waals surface area contributed by atoms with Crippen LogP contribution in [0.3, 0.4) is 0 Å². The lowest BCUT2D eigenvalue weighted by Gasteiger charge is -2.25. The van der Waals surface area contributed by atoms with E-state index in [1.807, 2.05) is 12.1 Å². The number of hydrogen-bond donors (Lipinski definition) is 1. The van der Waals surface area contributed by atoms with Crippen molar-refractivity contribution in [3.05, 3.63) is 70.4 Å². The molecule has 3 aliphatic rings. The molecule has 1 spiro atoms. The first-order chi connectivity index (χ1) is 17.8. The van der Waals surface area contributed by atoms with E-state index in [2.05, 4.69) is 53.7 Å². The third-order valence-corrected chi connectivity index (χ3v) is 8.52. The number of nitrogens with zero attached hydrogens (tertiary/aromatic N) is 3. The number of aromatic carboxylic acids is 1. The molecular weight excluding hydrogens is 462 g/mol. The van der Waals surface area contributed by atoms with Gasteiger partial charge in [0, 0.05) is 43.6 Å². The van der Waals surface area contributed by atoms with E-state index in [0.29, 0.717) is 11.6 Å². The molecule has 0 radical (unpaired) electrons. The lowest BCUT2D eigenvalue weighted by molar-refractivity contribution is -0.0293. The Morgan fingerprint density at radius 3 is 2.65 bits per heavy atom. The Balaban J connectivity index is 1.18. The van der Waals surface area contributed by atoms with Gasteiger partial charge in [0.25, 0.3) is 0 Å². The maximum Gasteiger partial charge on any atom is 0.335 e. The maximum absolute atomic E-state index is 11.2. The van der Waals surface area contributed by atoms with Gasteiger partial charge in [0.15, 0.2) is 0 Å². The lowest BCUT2D eigenvalue weighted by Crippen LogP contribution is -2.31. The van der Waals surface area contributed by atoms with Crippen LogP contribution in [0.25, 0.3) is 10.9 Å². The van der Waals surface area contributed by atoms with Crippen LogP contribution in [0.4, 0.5) is 0 Å². The molecule has 1 saturated carbocycles. The molecule has 3 heterocycles. The summed E-state index contributed by atoms with van der Waals surface area (Å²) < 4.78 is 2.46. The summed E-state index contributed by atoms with van der Waals surface area (Å²) in [6.45, 7) is 9.83. The summed E-state index contributed by atoms with van der Waals surface area (Å²) in [5.41, 5.74) is 7.66. The lowest BCUT2D eigenvalue weighted by atomic mass is 9.88. The fourth-order valence-corrected chi connectivity index (χ4v) is 6.25. The van der Waals surface area contributed by atoms with E-state index >= 15 is 0 Å². The van der Waals surface area contributed by atoms with Crippen LogP contribution in [-0.4, -0.2) is 44.9 Å². The van der Waals surface area contributed by atoms with Gasteiger partial charge in [0.2, 0.25) is 0 Å². The molecule has 2 fully saturated rings. The number of aryl methyl sites for hydroxylation is 1. The quantitative estimate of drug-likeness (QED) is 0.412. The van der Waals surface area contributed by atoms with E-state index in [-0.39, 0.29) is 5.60 Å². The van der Waals surface area contributed by atoms with Crippen LogP contribution in [0.1, 0.15) is 96.9 Å². The van der Waals surface area contributed by atoms with E-state index in [1.165, 1.54) is 40.4 Å². The van der Waals surface area contributed by atoms with Crippen molar-refractivity contribution in [1.82, 2.24) is 9.47 Å². The number of benzene rings is 2. The Labute approximate surface area is 218 Å². The normalized spacial score (nSPS) is 22.4. The van der Waals surface area contributed by atoms with Crippen molar-refractivity contribution in [2.45, 2.75) is 83.4 Å². The molecule has 1 saturated heterocycles. The second-order valence-electron chi connectivity index (χ2n) is 11.7. The summed E-state index contributed by atoms with van der Waals surface area (Å²) >= 11 is 0. The highest BCUT2D eigenvalue weighted by molar-refractivity contribution is 6.02. The number of aromatic nitrogens is 1. The summed E-state index contributed by atoms with van der Waals surface area (Å²) in [5.74, 6) is -0.155. The smallest absolute Gasteiger partial charge is 0.335 e. The highest BCUT2D eigenvalue weighted by Gasteiger charge is 2.41. The molecule has 1 N–H and O–H groups in total. The van der Waals surface area contributed by atoms with Crippen LogP contribution in [0.15, 0.2) is 47.8 Å². The summed E-state index contributed by atoms with van der Waals surface area (Å²) in [6, 6.07) is 12.3. The maximum atomic E-state index is 11.2. The number of hydrogen-bond acceptors (Lipinski definition) is 4. The van der Waals surface area contributed by atoms with E-state index < -0.39 is 5.97 Å². The van der Waals surface area contributed by atoms with Crippen LogP contribution in [-0.2, 0) is 11.4 Å². The summed E-state index contributed by atoms with van der Waals surface area (Å²) in [7, 11) is 0. The van der Waals surface area contributed by atoms with Crippen molar-refractivity contribution < 1.29 is 14.7 Å². The second-order valence-corrected chi connectivity index (χ2v) is 11.7. The number of carboxylic acids is 1. The first-order valence-corrected chi connectivity index (χ1v) is 13.8. The van der Waals surface area contributed by atoms with Crippen LogP contribution < -0.4 is 0 Å². The Kier molecular flexibility index (Phi) is 6.10. The van der Waals surface area contributed by atoms with E-state index in [1.54, 1.807) is 12.1 Å². The van der Waals surface area contributed by atoms with E-state index in [0.717, 1.165) is 62.5 Å². The number of carbonyl (C=O) groups is 1. The monoisotopic (exact) mass is 499 g/mol. The molecule has 37 heavy (non-hydrogen) atoms. The Morgan fingerprint density at radius 2 is 1.95 bits per heavy atom. The molecule has 3 aromatic rings. The van der Waals surface area contributed by atoms with Gasteiger partial charge in [-0.25, -0.2) is 4.79 Å². The molecule has 2 aromatic carbocycles. The van der Waals surface area contributed by atoms with Crippen LogP contribution in [0, 0.1) is 6.92 Å². The van der Waals surface area contributed by atoms with Crippen molar-refractivity contribution in [2.24, 2.45) is 5.16 Å². The summed E-state index contributed by atoms with van der Waals surface area (Å²) in [6.07, 6.45) is 8.85. The van der Waals surface area contributed by atoms with Crippen LogP contribution >= 0.6 is 0 Å². The van der Waals surface area contributed by atoms with E-state index in [9.17, 15) is 9.90 Å². The Bertz CT molecular complexity index is 1370. The average molecular weight is 500 g/mol. The van der Waals surface area contributed by atoms with Crippen LogP contribution in [0.5, 0.6) is 0 Å². The molecule has 6 heteroatoms. The SMILES string of the molecule is Cc1cc(C2CC2)cc2c(CN3CCCC4(CC3)CC(c3ccc(C(=O)O)cc3)=NO4)cn(C(C)C)c12. The predicted molar refractivity (Wildman–Crippen MR) is 147 cm³/mol. The van der Waals surface area contributed by atoms with Gasteiger partial charge < -0.3 is 14.5 Å². The fourth-order valence-electron chi connectivity index (χ4n) is 6.25. The highest BCUT2D eigenvalue weighted by Crippen LogP contribution is 2.43. The van der Waals surface area contributed by atoms with Gasteiger partial charge in [0.05, 0.1) is 16.8 Å². The molecule has 6 rings (SSSR count). The zero-order valence-electron chi connectivity index (χ0n) is 22.2. The zero-order chi connectivity index (χ0) is 25.7. The molecular formula is C31H37N3O3. The topological polar surface area (TPSA) is 67.1 Å².